The van der Waals surface area contributed by atoms with Crippen LogP contribution in [-0.2, 0) is 22.6 Å². The molecule has 1 amide bonds. The summed E-state index contributed by atoms with van der Waals surface area (Å²) in [6.45, 7) is 2.61. The monoisotopic (exact) mass is 366 g/mol. The fraction of sp³-hybridized carbons (Fsp3) is 0.412. The quantitative estimate of drug-likeness (QED) is 0.794. The van der Waals surface area contributed by atoms with Gasteiger partial charge in [-0.25, -0.2) is 9.37 Å². The average molecular weight is 367 g/mol. The molecule has 1 atom stereocenters. The number of hydrogen-bond acceptors (Lipinski definition) is 4. The minimum absolute atomic E-state index is 0.0803. The van der Waals surface area contributed by atoms with Crippen molar-refractivity contribution in [1.29, 1.82) is 0 Å². The Morgan fingerprint density at radius 2 is 2.36 bits per heavy atom. The van der Waals surface area contributed by atoms with E-state index in [9.17, 15) is 9.18 Å². The Morgan fingerprint density at radius 1 is 1.52 bits per heavy atom. The first-order valence-corrected chi connectivity index (χ1v) is 8.40. The molecular formula is C17H20ClFN4O2. The lowest BCUT2D eigenvalue weighted by Gasteiger charge is -2.33. The van der Waals surface area contributed by atoms with E-state index in [0.717, 1.165) is 11.3 Å². The fourth-order valence-corrected chi connectivity index (χ4v) is 3.10. The summed E-state index contributed by atoms with van der Waals surface area (Å²) >= 11 is 5.74. The van der Waals surface area contributed by atoms with Crippen LogP contribution in [0.2, 0.25) is 5.02 Å². The maximum atomic E-state index is 13.7. The topological polar surface area (TPSA) is 59.4 Å². The van der Waals surface area contributed by atoms with Crippen LogP contribution in [0.15, 0.2) is 30.7 Å². The molecule has 1 aromatic heterocycles. The molecule has 0 radical (unpaired) electrons. The summed E-state index contributed by atoms with van der Waals surface area (Å²) in [6, 6.07) is 4.41. The predicted octanol–water partition coefficient (Wildman–Crippen LogP) is 2.00. The van der Waals surface area contributed by atoms with Crippen molar-refractivity contribution in [1.82, 2.24) is 19.8 Å². The Kier molecular flexibility index (Phi) is 5.67. The molecule has 8 heteroatoms. The molecule has 1 aliphatic rings. The van der Waals surface area contributed by atoms with Crippen molar-refractivity contribution in [2.24, 2.45) is 0 Å². The molecule has 0 fully saturated rings. The van der Waals surface area contributed by atoms with Crippen molar-refractivity contribution >= 4 is 17.5 Å². The number of nitrogens with one attached hydrogen (secondary N) is 1. The van der Waals surface area contributed by atoms with Crippen LogP contribution >= 0.6 is 11.6 Å². The molecular weight excluding hydrogens is 347 g/mol. The van der Waals surface area contributed by atoms with Crippen molar-refractivity contribution in [3.8, 4) is 0 Å². The number of benzene rings is 1. The normalized spacial score (nSPS) is 17.3. The van der Waals surface area contributed by atoms with Gasteiger partial charge in [-0.15, -0.1) is 0 Å². The van der Waals surface area contributed by atoms with Gasteiger partial charge in [0.15, 0.2) is 0 Å². The van der Waals surface area contributed by atoms with Crippen molar-refractivity contribution in [3.05, 3.63) is 52.8 Å². The summed E-state index contributed by atoms with van der Waals surface area (Å²) in [6.07, 6.45) is 3.43. The maximum absolute atomic E-state index is 13.7. The average Bonchev–Trinajstić information content (AvgIpc) is 3.06. The molecule has 6 nitrogen and oxygen atoms in total. The zero-order chi connectivity index (χ0) is 17.8. The maximum Gasteiger partial charge on any atom is 0.244 e. The van der Waals surface area contributed by atoms with Gasteiger partial charge in [0.1, 0.15) is 11.9 Å². The minimum Gasteiger partial charge on any atom is -0.383 e. The van der Waals surface area contributed by atoms with Crippen LogP contribution in [0.1, 0.15) is 17.3 Å². The van der Waals surface area contributed by atoms with Crippen LogP contribution in [0.3, 0.4) is 0 Å². The van der Waals surface area contributed by atoms with Crippen LogP contribution in [0, 0.1) is 5.82 Å². The Bertz CT molecular complexity index is 752. The predicted molar refractivity (Wildman–Crippen MR) is 91.7 cm³/mol. The van der Waals surface area contributed by atoms with Crippen molar-refractivity contribution < 1.29 is 13.9 Å². The highest BCUT2D eigenvalue weighted by Gasteiger charge is 2.30. The van der Waals surface area contributed by atoms with Crippen LogP contribution < -0.4 is 5.32 Å². The highest BCUT2D eigenvalue weighted by atomic mass is 35.5. The van der Waals surface area contributed by atoms with E-state index < -0.39 is 5.82 Å². The van der Waals surface area contributed by atoms with E-state index in [1.165, 1.54) is 6.07 Å². The molecule has 0 bridgehead atoms. The number of amides is 1. The largest absolute Gasteiger partial charge is 0.383 e. The van der Waals surface area contributed by atoms with Crippen molar-refractivity contribution in [3.63, 3.8) is 0 Å². The molecule has 1 unspecified atom stereocenters. The number of nitrogens with zero attached hydrogens (tertiary/aromatic N) is 3. The third kappa shape index (κ3) is 4.18. The number of fused-ring (bicyclic) bond motifs is 1. The second-order valence-corrected chi connectivity index (χ2v) is 6.42. The first kappa shape index (κ1) is 17.8. The van der Waals surface area contributed by atoms with Gasteiger partial charge in [-0.05, 0) is 17.7 Å². The van der Waals surface area contributed by atoms with Crippen LogP contribution in [0.5, 0.6) is 0 Å². The zero-order valence-corrected chi connectivity index (χ0v) is 14.7. The highest BCUT2D eigenvalue weighted by molar-refractivity contribution is 6.30. The Labute approximate surface area is 150 Å². The van der Waals surface area contributed by atoms with Gasteiger partial charge in [0, 0.05) is 39.5 Å². The molecule has 0 spiro atoms. The molecule has 1 aliphatic heterocycles. The van der Waals surface area contributed by atoms with Crippen LogP contribution in [0.25, 0.3) is 0 Å². The lowest BCUT2D eigenvalue weighted by atomic mass is 10.1. The van der Waals surface area contributed by atoms with Gasteiger partial charge in [-0.3, -0.25) is 9.69 Å². The van der Waals surface area contributed by atoms with Crippen molar-refractivity contribution in [2.45, 2.75) is 19.1 Å². The van der Waals surface area contributed by atoms with Crippen molar-refractivity contribution in [2.75, 3.05) is 26.8 Å². The van der Waals surface area contributed by atoms with Crippen LogP contribution in [-0.4, -0.2) is 47.2 Å². The number of ether oxygens (including phenoxy) is 1. The number of carbonyl (C=O) groups is 1. The zero-order valence-electron chi connectivity index (χ0n) is 13.9. The molecule has 134 valence electrons. The third-order valence-electron chi connectivity index (χ3n) is 4.20. The minimum atomic E-state index is -0.435. The lowest BCUT2D eigenvalue weighted by molar-refractivity contribution is -0.125. The van der Waals surface area contributed by atoms with Gasteiger partial charge in [-0.1, -0.05) is 17.7 Å². The van der Waals surface area contributed by atoms with E-state index in [0.29, 0.717) is 32.8 Å². The summed E-state index contributed by atoms with van der Waals surface area (Å²) in [7, 11) is 1.59. The first-order chi connectivity index (χ1) is 12.1. The third-order valence-corrected chi connectivity index (χ3v) is 4.50. The molecule has 1 aromatic carbocycles. The first-order valence-electron chi connectivity index (χ1n) is 8.02. The summed E-state index contributed by atoms with van der Waals surface area (Å²) in [5.74, 6) is -0.515. The van der Waals surface area contributed by atoms with E-state index in [1.54, 1.807) is 31.8 Å². The number of carbonyl (C=O) groups excluding carboxylic acids is 1. The van der Waals surface area contributed by atoms with Crippen LogP contribution in [0.4, 0.5) is 4.39 Å². The molecule has 2 heterocycles. The Hall–Kier alpha value is -1.96. The molecule has 2 aromatic rings. The molecule has 0 saturated carbocycles. The summed E-state index contributed by atoms with van der Waals surface area (Å²) in [5.41, 5.74) is 1.76. The Balaban J connectivity index is 1.72. The summed E-state index contributed by atoms with van der Waals surface area (Å²) in [5, 5.41) is 2.98. The molecule has 25 heavy (non-hydrogen) atoms. The second kappa shape index (κ2) is 7.95. The number of aromatic nitrogens is 2. The number of halogens is 2. The van der Waals surface area contributed by atoms with E-state index in [4.69, 9.17) is 16.3 Å². The molecule has 1 N–H and O–H groups in total. The molecule has 0 aliphatic carbocycles. The molecule has 3 rings (SSSR count). The number of hydrogen-bond donors (Lipinski definition) is 1. The van der Waals surface area contributed by atoms with E-state index in [-0.39, 0.29) is 17.0 Å². The van der Waals surface area contributed by atoms with Gasteiger partial charge in [-0.2, -0.15) is 0 Å². The van der Waals surface area contributed by atoms with Gasteiger partial charge in [0.2, 0.25) is 5.91 Å². The van der Waals surface area contributed by atoms with Gasteiger partial charge >= 0.3 is 0 Å². The molecule has 0 saturated heterocycles. The second-order valence-electron chi connectivity index (χ2n) is 6.01. The SMILES string of the molecule is COCCNC(=O)C1CN(Cc2ccc(Cl)c(F)c2)Cc2cncn21. The number of methoxy groups -OCH3 is 1. The number of rotatable bonds is 6. The highest BCUT2D eigenvalue weighted by Crippen LogP contribution is 2.24. The summed E-state index contributed by atoms with van der Waals surface area (Å²) in [4.78, 5) is 18.8. The van der Waals surface area contributed by atoms with Gasteiger partial charge in [0.05, 0.1) is 23.7 Å². The number of imidazole rings is 1. The summed E-state index contributed by atoms with van der Waals surface area (Å²) < 4.78 is 20.5. The fourth-order valence-electron chi connectivity index (χ4n) is 2.98. The Morgan fingerprint density at radius 3 is 3.12 bits per heavy atom. The van der Waals surface area contributed by atoms with Gasteiger partial charge in [0.25, 0.3) is 0 Å². The van der Waals surface area contributed by atoms with Gasteiger partial charge < -0.3 is 14.6 Å². The van der Waals surface area contributed by atoms with E-state index >= 15 is 0 Å². The van der Waals surface area contributed by atoms with E-state index in [1.807, 2.05) is 4.57 Å². The smallest absolute Gasteiger partial charge is 0.244 e. The van der Waals surface area contributed by atoms with E-state index in [2.05, 4.69) is 15.2 Å². The standard InChI is InChI=1S/C17H20ClFN4O2/c1-25-5-4-21-17(24)16-10-22(9-13-7-20-11-23(13)16)8-12-2-3-14(18)15(19)6-12/h2-3,6-7,11,16H,4-5,8-10H2,1H3,(H,21,24). The lowest BCUT2D eigenvalue weighted by Crippen LogP contribution is -2.44.